The second-order valence-corrected chi connectivity index (χ2v) is 2.85. The standard InChI is InChI=1S/C9H10N4O/c1-13-8-5-3-2-4-7(8)12-9(13)10-6-11-14/h2-6,14H,1H3,(H,10,11,12). The monoisotopic (exact) mass is 190 g/mol. The molecule has 0 aliphatic heterocycles. The van der Waals surface area contributed by atoms with Crippen LogP contribution in [0.25, 0.3) is 11.0 Å². The Balaban J connectivity index is 2.57. The lowest BCUT2D eigenvalue weighted by atomic mass is 10.3. The highest BCUT2D eigenvalue weighted by Crippen LogP contribution is 2.18. The van der Waals surface area contributed by atoms with E-state index in [1.54, 1.807) is 0 Å². The molecular formula is C9H10N4O. The number of aliphatic imine (C=N–C) groups is 1. The van der Waals surface area contributed by atoms with Gasteiger partial charge in [0.15, 0.2) is 0 Å². The minimum absolute atomic E-state index is 0.549. The second-order valence-electron chi connectivity index (χ2n) is 2.85. The van der Waals surface area contributed by atoms with Crippen molar-refractivity contribution in [3.63, 3.8) is 0 Å². The summed E-state index contributed by atoms with van der Waals surface area (Å²) in [5.41, 5.74) is 3.74. The highest BCUT2D eigenvalue weighted by Gasteiger charge is 2.03. The quantitative estimate of drug-likeness (QED) is 0.425. The number of aromatic nitrogens is 2. The number of rotatable bonds is 2. The van der Waals surface area contributed by atoms with Gasteiger partial charge in [-0.05, 0) is 12.1 Å². The Labute approximate surface area is 80.7 Å². The molecule has 5 heteroatoms. The summed E-state index contributed by atoms with van der Waals surface area (Å²) in [6.07, 6.45) is 1.18. The number of nitrogens with zero attached hydrogens (tertiary/aromatic N) is 3. The zero-order valence-electron chi connectivity index (χ0n) is 7.68. The fourth-order valence-corrected chi connectivity index (χ4v) is 1.33. The molecule has 0 spiro atoms. The summed E-state index contributed by atoms with van der Waals surface area (Å²) in [7, 11) is 1.87. The van der Waals surface area contributed by atoms with Gasteiger partial charge in [-0.1, -0.05) is 12.1 Å². The Kier molecular flexibility index (Phi) is 2.16. The van der Waals surface area contributed by atoms with Gasteiger partial charge in [-0.25, -0.2) is 9.98 Å². The summed E-state index contributed by atoms with van der Waals surface area (Å²) >= 11 is 0. The molecule has 1 aromatic carbocycles. The molecule has 0 aliphatic rings. The number of benzene rings is 1. The van der Waals surface area contributed by atoms with Crippen LogP contribution in [0.15, 0.2) is 29.3 Å². The Morgan fingerprint density at radius 2 is 2.29 bits per heavy atom. The molecule has 72 valence electrons. The van der Waals surface area contributed by atoms with E-state index in [0.29, 0.717) is 5.95 Å². The van der Waals surface area contributed by atoms with Crippen LogP contribution in [-0.4, -0.2) is 21.1 Å². The van der Waals surface area contributed by atoms with Gasteiger partial charge in [-0.3, -0.25) is 10.7 Å². The van der Waals surface area contributed by atoms with Crippen molar-refractivity contribution in [3.8, 4) is 0 Å². The van der Waals surface area contributed by atoms with Crippen LogP contribution >= 0.6 is 0 Å². The summed E-state index contributed by atoms with van der Waals surface area (Å²) in [6, 6.07) is 7.75. The molecule has 1 heterocycles. The van der Waals surface area contributed by atoms with E-state index in [2.05, 4.69) is 9.98 Å². The van der Waals surface area contributed by atoms with Gasteiger partial charge in [-0.2, -0.15) is 0 Å². The molecule has 1 aromatic heterocycles. The molecule has 14 heavy (non-hydrogen) atoms. The topological polar surface area (TPSA) is 62.4 Å². The molecule has 0 amide bonds. The van der Waals surface area contributed by atoms with Crippen molar-refractivity contribution >= 4 is 23.3 Å². The van der Waals surface area contributed by atoms with Crippen LogP contribution in [-0.2, 0) is 7.05 Å². The molecule has 0 aliphatic carbocycles. The van der Waals surface area contributed by atoms with Crippen molar-refractivity contribution in [2.75, 3.05) is 0 Å². The number of para-hydroxylation sites is 2. The van der Waals surface area contributed by atoms with Gasteiger partial charge in [0.1, 0.15) is 6.34 Å². The molecule has 0 bridgehead atoms. The third-order valence-corrected chi connectivity index (χ3v) is 2.00. The molecule has 5 nitrogen and oxygen atoms in total. The lowest BCUT2D eigenvalue weighted by Gasteiger charge is -1.94. The zero-order chi connectivity index (χ0) is 9.97. The molecule has 2 N–H and O–H groups in total. The minimum Gasteiger partial charge on any atom is -0.311 e. The van der Waals surface area contributed by atoms with Crippen LogP contribution < -0.4 is 5.48 Å². The van der Waals surface area contributed by atoms with Crippen molar-refractivity contribution in [1.29, 1.82) is 0 Å². The maximum absolute atomic E-state index is 8.36. The van der Waals surface area contributed by atoms with Gasteiger partial charge < -0.3 is 4.57 Å². The van der Waals surface area contributed by atoms with Crippen molar-refractivity contribution in [1.82, 2.24) is 15.0 Å². The summed E-state index contributed by atoms with van der Waals surface area (Å²) in [4.78, 5) is 8.19. The summed E-state index contributed by atoms with van der Waals surface area (Å²) in [5.74, 6) is 0.549. The second kappa shape index (κ2) is 3.47. The Morgan fingerprint density at radius 1 is 1.50 bits per heavy atom. The average Bonchev–Trinajstić information content (AvgIpc) is 2.54. The van der Waals surface area contributed by atoms with E-state index in [-0.39, 0.29) is 0 Å². The van der Waals surface area contributed by atoms with Gasteiger partial charge in [-0.15, -0.1) is 0 Å². The van der Waals surface area contributed by atoms with Gasteiger partial charge in [0, 0.05) is 7.05 Å². The fourth-order valence-electron chi connectivity index (χ4n) is 1.33. The van der Waals surface area contributed by atoms with Crippen molar-refractivity contribution in [2.45, 2.75) is 0 Å². The van der Waals surface area contributed by atoms with E-state index in [0.717, 1.165) is 11.0 Å². The van der Waals surface area contributed by atoms with E-state index in [1.807, 2.05) is 41.4 Å². The van der Waals surface area contributed by atoms with Crippen LogP contribution in [0.2, 0.25) is 0 Å². The van der Waals surface area contributed by atoms with E-state index in [9.17, 15) is 0 Å². The molecule has 0 unspecified atom stereocenters. The number of nitrogens with one attached hydrogen (secondary N) is 1. The first-order chi connectivity index (χ1) is 6.83. The zero-order valence-corrected chi connectivity index (χ0v) is 7.68. The molecule has 2 rings (SSSR count). The molecule has 0 atom stereocenters. The maximum atomic E-state index is 8.36. The lowest BCUT2D eigenvalue weighted by Crippen LogP contribution is -2.01. The SMILES string of the molecule is Cn1c(/N=C/NO)nc2ccccc21. The first kappa shape index (κ1) is 8.71. The number of hydrogen-bond acceptors (Lipinski definition) is 3. The van der Waals surface area contributed by atoms with Crippen LogP contribution in [0.5, 0.6) is 0 Å². The molecule has 0 saturated heterocycles. The van der Waals surface area contributed by atoms with E-state index in [1.165, 1.54) is 6.34 Å². The molecule has 0 radical (unpaired) electrons. The summed E-state index contributed by atoms with van der Waals surface area (Å²) < 4.78 is 1.85. The smallest absolute Gasteiger partial charge is 0.231 e. The average molecular weight is 190 g/mol. The van der Waals surface area contributed by atoms with Gasteiger partial charge in [0.05, 0.1) is 11.0 Å². The van der Waals surface area contributed by atoms with Crippen LogP contribution in [0, 0.1) is 0 Å². The molecule has 2 aromatic rings. The maximum Gasteiger partial charge on any atom is 0.231 e. The molecule has 0 fully saturated rings. The Morgan fingerprint density at radius 3 is 3.00 bits per heavy atom. The van der Waals surface area contributed by atoms with Crippen LogP contribution in [0.1, 0.15) is 0 Å². The number of aryl methyl sites for hydroxylation is 1. The minimum atomic E-state index is 0.549. The predicted octanol–water partition coefficient (Wildman–Crippen LogP) is 1.21. The third-order valence-electron chi connectivity index (χ3n) is 2.00. The van der Waals surface area contributed by atoms with Crippen LogP contribution in [0.4, 0.5) is 5.95 Å². The van der Waals surface area contributed by atoms with E-state index >= 15 is 0 Å². The first-order valence-corrected chi connectivity index (χ1v) is 4.16. The van der Waals surface area contributed by atoms with Gasteiger partial charge in [0.25, 0.3) is 0 Å². The Bertz CT molecular complexity index is 475. The fraction of sp³-hybridized carbons (Fsp3) is 0.111. The molecule has 0 saturated carbocycles. The third kappa shape index (κ3) is 1.33. The largest absolute Gasteiger partial charge is 0.311 e. The highest BCUT2D eigenvalue weighted by molar-refractivity contribution is 5.78. The highest BCUT2D eigenvalue weighted by atomic mass is 16.5. The number of hydroxylamine groups is 1. The number of hydrogen-bond donors (Lipinski definition) is 2. The van der Waals surface area contributed by atoms with Gasteiger partial charge >= 0.3 is 0 Å². The van der Waals surface area contributed by atoms with Crippen LogP contribution in [0.3, 0.4) is 0 Å². The normalized spacial score (nSPS) is 11.3. The van der Waals surface area contributed by atoms with E-state index < -0.39 is 0 Å². The Hall–Kier alpha value is -1.88. The lowest BCUT2D eigenvalue weighted by molar-refractivity contribution is 0.240. The van der Waals surface area contributed by atoms with Crippen molar-refractivity contribution < 1.29 is 5.21 Å². The number of imidazole rings is 1. The first-order valence-electron chi connectivity index (χ1n) is 4.16. The predicted molar refractivity (Wildman–Crippen MR) is 53.8 cm³/mol. The molecular weight excluding hydrogens is 180 g/mol. The van der Waals surface area contributed by atoms with Gasteiger partial charge in [0.2, 0.25) is 5.95 Å². The summed E-state index contributed by atoms with van der Waals surface area (Å²) in [6.45, 7) is 0. The van der Waals surface area contributed by atoms with Crippen molar-refractivity contribution in [3.05, 3.63) is 24.3 Å². The summed E-state index contributed by atoms with van der Waals surface area (Å²) in [5, 5.41) is 8.36. The van der Waals surface area contributed by atoms with E-state index in [4.69, 9.17) is 5.21 Å². The number of fused-ring (bicyclic) bond motifs is 1. The van der Waals surface area contributed by atoms with Crippen molar-refractivity contribution in [2.24, 2.45) is 12.0 Å².